The summed E-state index contributed by atoms with van der Waals surface area (Å²) in [5.41, 5.74) is 0.810. The fourth-order valence-corrected chi connectivity index (χ4v) is 1.88. The first-order valence-corrected chi connectivity index (χ1v) is 6.82. The first-order valence-electron chi connectivity index (χ1n) is 6.44. The zero-order valence-electron chi connectivity index (χ0n) is 12.0. The number of benzene rings is 1. The standard InChI is InChI=1S/C15H22ClNO2/c1-11(8-12-6-5-7-13(16)9-12)17-14(18)10-19-15(2,3)4/h5-7,9,11H,8,10H2,1-4H3,(H,17,18). The number of ether oxygens (including phenoxy) is 1. The van der Waals surface area contributed by atoms with E-state index in [2.05, 4.69) is 5.32 Å². The molecule has 106 valence electrons. The van der Waals surface area contributed by atoms with Gasteiger partial charge >= 0.3 is 0 Å². The van der Waals surface area contributed by atoms with Crippen molar-refractivity contribution in [3.8, 4) is 0 Å². The Morgan fingerprint density at radius 3 is 2.68 bits per heavy atom. The van der Waals surface area contributed by atoms with E-state index in [1.165, 1.54) is 0 Å². The van der Waals surface area contributed by atoms with Crippen LogP contribution in [0.25, 0.3) is 0 Å². The monoisotopic (exact) mass is 283 g/mol. The first-order chi connectivity index (χ1) is 8.76. The molecule has 0 saturated carbocycles. The van der Waals surface area contributed by atoms with Crippen LogP contribution in [0.15, 0.2) is 24.3 Å². The van der Waals surface area contributed by atoms with Gasteiger partial charge in [-0.2, -0.15) is 0 Å². The van der Waals surface area contributed by atoms with Crippen LogP contribution in [-0.4, -0.2) is 24.2 Å². The van der Waals surface area contributed by atoms with Gasteiger partial charge in [0.05, 0.1) is 5.60 Å². The minimum absolute atomic E-state index is 0.0505. The Kier molecular flexibility index (Phi) is 5.83. The van der Waals surface area contributed by atoms with Gasteiger partial charge in [0.25, 0.3) is 0 Å². The lowest BCUT2D eigenvalue weighted by molar-refractivity contribution is -0.131. The van der Waals surface area contributed by atoms with E-state index >= 15 is 0 Å². The second kappa shape index (κ2) is 6.92. The summed E-state index contributed by atoms with van der Waals surface area (Å²) in [4.78, 5) is 11.7. The van der Waals surface area contributed by atoms with Gasteiger partial charge in [-0.15, -0.1) is 0 Å². The topological polar surface area (TPSA) is 38.3 Å². The Morgan fingerprint density at radius 1 is 1.42 bits per heavy atom. The maximum atomic E-state index is 11.7. The number of hydrogen-bond acceptors (Lipinski definition) is 2. The summed E-state index contributed by atoms with van der Waals surface area (Å²) in [7, 11) is 0. The van der Waals surface area contributed by atoms with Crippen molar-refractivity contribution >= 4 is 17.5 Å². The number of rotatable bonds is 5. The van der Waals surface area contributed by atoms with Crippen molar-refractivity contribution in [1.82, 2.24) is 5.32 Å². The second-order valence-electron chi connectivity index (χ2n) is 5.70. The van der Waals surface area contributed by atoms with E-state index in [1.807, 2.05) is 52.0 Å². The van der Waals surface area contributed by atoms with E-state index in [9.17, 15) is 4.79 Å². The van der Waals surface area contributed by atoms with Crippen LogP contribution < -0.4 is 5.32 Å². The van der Waals surface area contributed by atoms with Gasteiger partial charge in [0.1, 0.15) is 6.61 Å². The summed E-state index contributed by atoms with van der Waals surface area (Å²) in [5.74, 6) is -0.0931. The highest BCUT2D eigenvalue weighted by Gasteiger charge is 2.14. The van der Waals surface area contributed by atoms with E-state index < -0.39 is 0 Å². The third-order valence-electron chi connectivity index (χ3n) is 2.47. The molecule has 0 fully saturated rings. The number of halogens is 1. The van der Waals surface area contributed by atoms with E-state index in [4.69, 9.17) is 16.3 Å². The number of amides is 1. The molecule has 1 aromatic rings. The van der Waals surface area contributed by atoms with Gasteiger partial charge in [-0.1, -0.05) is 23.7 Å². The summed E-state index contributed by atoms with van der Waals surface area (Å²) >= 11 is 5.93. The summed E-state index contributed by atoms with van der Waals surface area (Å²) in [6, 6.07) is 7.71. The van der Waals surface area contributed by atoms with E-state index in [1.54, 1.807) is 0 Å². The molecule has 1 atom stereocenters. The summed E-state index contributed by atoms with van der Waals surface area (Å²) < 4.78 is 5.43. The predicted molar refractivity (Wildman–Crippen MR) is 78.5 cm³/mol. The molecule has 0 aliphatic heterocycles. The molecule has 0 bridgehead atoms. The molecule has 0 saturated heterocycles. The molecule has 1 rings (SSSR count). The minimum Gasteiger partial charge on any atom is -0.366 e. The summed E-state index contributed by atoms with van der Waals surface area (Å²) in [6.07, 6.45) is 0.752. The lowest BCUT2D eigenvalue weighted by Crippen LogP contribution is -2.38. The number of nitrogens with one attached hydrogen (secondary N) is 1. The Labute approximate surface area is 120 Å². The van der Waals surface area contributed by atoms with Crippen molar-refractivity contribution < 1.29 is 9.53 Å². The fourth-order valence-electron chi connectivity index (χ4n) is 1.67. The summed E-state index contributed by atoms with van der Waals surface area (Å²) in [5, 5.41) is 3.63. The molecule has 3 nitrogen and oxygen atoms in total. The molecular formula is C15H22ClNO2. The lowest BCUT2D eigenvalue weighted by Gasteiger charge is -2.20. The third kappa shape index (κ3) is 7.19. The number of hydrogen-bond donors (Lipinski definition) is 1. The third-order valence-corrected chi connectivity index (χ3v) is 2.71. The highest BCUT2D eigenvalue weighted by Crippen LogP contribution is 2.12. The Hall–Kier alpha value is -1.06. The van der Waals surface area contributed by atoms with Crippen LogP contribution in [-0.2, 0) is 16.0 Å². The van der Waals surface area contributed by atoms with Crippen LogP contribution >= 0.6 is 11.6 Å². The van der Waals surface area contributed by atoms with Gasteiger partial charge in [0.2, 0.25) is 5.91 Å². The average Bonchev–Trinajstić information content (AvgIpc) is 2.25. The van der Waals surface area contributed by atoms with E-state index in [0.29, 0.717) is 5.02 Å². The minimum atomic E-state index is -0.298. The van der Waals surface area contributed by atoms with Crippen molar-refractivity contribution in [2.24, 2.45) is 0 Å². The highest BCUT2D eigenvalue weighted by atomic mass is 35.5. The molecule has 1 unspecified atom stereocenters. The van der Waals surface area contributed by atoms with Crippen LogP contribution in [0, 0.1) is 0 Å². The van der Waals surface area contributed by atoms with Crippen LogP contribution in [0.3, 0.4) is 0 Å². The Balaban J connectivity index is 2.38. The van der Waals surface area contributed by atoms with Gasteiger partial charge < -0.3 is 10.1 Å². The summed E-state index contributed by atoms with van der Waals surface area (Å²) in [6.45, 7) is 7.83. The van der Waals surface area contributed by atoms with E-state index in [0.717, 1.165) is 12.0 Å². The molecule has 0 aliphatic rings. The number of carbonyl (C=O) groups is 1. The van der Waals surface area contributed by atoms with Crippen LogP contribution in [0.5, 0.6) is 0 Å². The molecule has 1 N–H and O–H groups in total. The maximum Gasteiger partial charge on any atom is 0.246 e. The largest absolute Gasteiger partial charge is 0.366 e. The van der Waals surface area contributed by atoms with Gasteiger partial charge in [0.15, 0.2) is 0 Å². The maximum absolute atomic E-state index is 11.7. The molecular weight excluding hydrogens is 262 g/mol. The Morgan fingerprint density at radius 2 is 2.11 bits per heavy atom. The SMILES string of the molecule is CC(Cc1cccc(Cl)c1)NC(=O)COC(C)(C)C. The van der Waals surface area contributed by atoms with Crippen molar-refractivity contribution in [2.45, 2.75) is 45.8 Å². The molecule has 0 spiro atoms. The molecule has 1 aromatic carbocycles. The van der Waals surface area contributed by atoms with Crippen molar-refractivity contribution in [3.63, 3.8) is 0 Å². The predicted octanol–water partition coefficient (Wildman–Crippen LogP) is 3.20. The molecule has 19 heavy (non-hydrogen) atoms. The lowest BCUT2D eigenvalue weighted by atomic mass is 10.1. The zero-order chi connectivity index (χ0) is 14.5. The van der Waals surface area contributed by atoms with E-state index in [-0.39, 0.29) is 24.2 Å². The van der Waals surface area contributed by atoms with Crippen molar-refractivity contribution in [2.75, 3.05) is 6.61 Å². The second-order valence-corrected chi connectivity index (χ2v) is 6.14. The molecule has 0 aliphatic carbocycles. The average molecular weight is 284 g/mol. The Bertz CT molecular complexity index is 426. The van der Waals surface area contributed by atoms with Gasteiger partial charge in [-0.25, -0.2) is 0 Å². The fraction of sp³-hybridized carbons (Fsp3) is 0.533. The zero-order valence-corrected chi connectivity index (χ0v) is 12.8. The van der Waals surface area contributed by atoms with Crippen molar-refractivity contribution in [1.29, 1.82) is 0 Å². The van der Waals surface area contributed by atoms with Crippen LogP contribution in [0.2, 0.25) is 5.02 Å². The normalized spacial score (nSPS) is 13.1. The first kappa shape index (κ1) is 16.0. The molecule has 0 heterocycles. The molecule has 4 heteroatoms. The smallest absolute Gasteiger partial charge is 0.246 e. The quantitative estimate of drug-likeness (QED) is 0.901. The van der Waals surface area contributed by atoms with Gasteiger partial charge in [-0.05, 0) is 51.8 Å². The van der Waals surface area contributed by atoms with Crippen LogP contribution in [0.1, 0.15) is 33.3 Å². The molecule has 0 radical (unpaired) electrons. The van der Waals surface area contributed by atoms with Crippen molar-refractivity contribution in [3.05, 3.63) is 34.9 Å². The molecule has 1 amide bonds. The van der Waals surface area contributed by atoms with Crippen LogP contribution in [0.4, 0.5) is 0 Å². The van der Waals surface area contributed by atoms with Gasteiger partial charge in [0, 0.05) is 11.1 Å². The molecule has 0 aromatic heterocycles. The number of carbonyl (C=O) groups excluding carboxylic acids is 1. The highest BCUT2D eigenvalue weighted by molar-refractivity contribution is 6.30. The van der Waals surface area contributed by atoms with Gasteiger partial charge in [-0.3, -0.25) is 4.79 Å².